The molecule has 0 fully saturated rings. The number of anilines is 1. The van der Waals surface area contributed by atoms with Gasteiger partial charge in [0, 0.05) is 28.0 Å². The van der Waals surface area contributed by atoms with Crippen LogP contribution in [0.3, 0.4) is 0 Å². The number of fused-ring (bicyclic) bond motifs is 7. The Hall–Kier alpha value is -8.41. The lowest BCUT2D eigenvalue weighted by Gasteiger charge is -2.37. The first-order valence-electron chi connectivity index (χ1n) is 21.8. The molecular formula is C59H39BN4. The molecule has 0 aliphatic carbocycles. The highest BCUT2D eigenvalue weighted by Crippen LogP contribution is 2.42. The second kappa shape index (κ2) is 15.8. The van der Waals surface area contributed by atoms with E-state index in [2.05, 4.69) is 235 Å². The van der Waals surface area contributed by atoms with Crippen LogP contribution in [0.1, 0.15) is 5.82 Å². The van der Waals surface area contributed by atoms with Gasteiger partial charge in [-0.15, -0.1) is 0 Å². The molecule has 0 N–H and O–H groups in total. The Morgan fingerprint density at radius 3 is 1.53 bits per heavy atom. The van der Waals surface area contributed by atoms with Crippen molar-refractivity contribution in [3.63, 3.8) is 0 Å². The van der Waals surface area contributed by atoms with Crippen molar-refractivity contribution < 1.29 is 0 Å². The molecule has 0 unspecified atom stereocenters. The van der Waals surface area contributed by atoms with E-state index in [4.69, 9.17) is 15.0 Å². The maximum absolute atomic E-state index is 5.25. The average molecular weight is 815 g/mol. The molecule has 2 aliphatic heterocycles. The minimum atomic E-state index is -0.0831. The monoisotopic (exact) mass is 814 g/mol. The minimum Gasteiger partial charge on any atom is -0.383 e. The van der Waals surface area contributed by atoms with E-state index in [-0.39, 0.29) is 6.85 Å². The van der Waals surface area contributed by atoms with Crippen LogP contribution in [0.25, 0.3) is 94.8 Å². The second-order valence-corrected chi connectivity index (χ2v) is 16.5. The summed E-state index contributed by atoms with van der Waals surface area (Å²) in [5.74, 6) is 4.23. The Morgan fingerprint density at radius 1 is 0.328 bits per heavy atom. The van der Waals surface area contributed by atoms with E-state index in [1.54, 1.807) is 0 Å². The summed E-state index contributed by atoms with van der Waals surface area (Å²) in [7, 11) is 0. The Bertz CT molecular complexity index is 3400. The number of hydrogen-bond donors (Lipinski definition) is 0. The molecule has 2 aliphatic rings. The molecule has 298 valence electrons. The quantitative estimate of drug-likeness (QED) is 0.150. The zero-order valence-electron chi connectivity index (χ0n) is 34.9. The summed E-state index contributed by atoms with van der Waals surface area (Å²) in [6.07, 6.45) is 4.37. The van der Waals surface area contributed by atoms with E-state index in [0.29, 0.717) is 17.5 Å². The lowest BCUT2D eigenvalue weighted by molar-refractivity contribution is 1.04. The Balaban J connectivity index is 0.977. The third-order valence-electron chi connectivity index (χ3n) is 12.5. The molecule has 0 atom stereocenters. The maximum atomic E-state index is 5.25. The number of rotatable bonds is 7. The molecule has 12 rings (SSSR count). The fourth-order valence-corrected chi connectivity index (χ4v) is 9.28. The molecule has 0 radical (unpaired) electrons. The van der Waals surface area contributed by atoms with E-state index in [0.717, 1.165) is 44.5 Å². The lowest BCUT2D eigenvalue weighted by Crippen LogP contribution is -2.49. The van der Waals surface area contributed by atoms with Crippen molar-refractivity contribution in [2.75, 3.05) is 4.81 Å². The van der Waals surface area contributed by atoms with Gasteiger partial charge in [-0.05, 0) is 115 Å². The van der Waals surface area contributed by atoms with Crippen LogP contribution >= 0.6 is 0 Å². The largest absolute Gasteiger partial charge is 0.383 e. The maximum Gasteiger partial charge on any atom is 0.321 e. The molecule has 10 aromatic rings. The van der Waals surface area contributed by atoms with Crippen LogP contribution in [-0.2, 0) is 0 Å². The van der Waals surface area contributed by atoms with Crippen molar-refractivity contribution in [2.45, 2.75) is 0 Å². The van der Waals surface area contributed by atoms with Gasteiger partial charge in [-0.2, -0.15) is 0 Å². The smallest absolute Gasteiger partial charge is 0.321 e. The molecule has 4 nitrogen and oxygen atoms in total. The van der Waals surface area contributed by atoms with Gasteiger partial charge in [0.15, 0.2) is 17.5 Å². The zero-order chi connectivity index (χ0) is 42.4. The summed E-state index contributed by atoms with van der Waals surface area (Å²) in [6.45, 7) is -0.0831. The van der Waals surface area contributed by atoms with Crippen molar-refractivity contribution in [1.29, 1.82) is 0 Å². The van der Waals surface area contributed by atoms with Crippen molar-refractivity contribution in [2.24, 2.45) is 0 Å². The third kappa shape index (κ3) is 6.90. The molecule has 0 saturated carbocycles. The zero-order valence-corrected chi connectivity index (χ0v) is 34.9. The Morgan fingerprint density at radius 2 is 0.828 bits per heavy atom. The summed E-state index contributed by atoms with van der Waals surface area (Å²) in [6, 6.07) is 77.8. The van der Waals surface area contributed by atoms with Gasteiger partial charge in [0.05, 0.1) is 0 Å². The van der Waals surface area contributed by atoms with Gasteiger partial charge in [0.1, 0.15) is 0 Å². The summed E-state index contributed by atoms with van der Waals surface area (Å²) in [5, 5.41) is 2.32. The summed E-state index contributed by atoms with van der Waals surface area (Å²) < 4.78 is 0. The van der Waals surface area contributed by atoms with Crippen LogP contribution in [0.5, 0.6) is 0 Å². The number of allylic oxidation sites excluding steroid dienone is 2. The lowest BCUT2D eigenvalue weighted by atomic mass is 9.49. The molecule has 64 heavy (non-hydrogen) atoms. The molecular weight excluding hydrogens is 775 g/mol. The molecule has 0 bridgehead atoms. The highest BCUT2D eigenvalue weighted by molar-refractivity contribution is 6.84. The van der Waals surface area contributed by atoms with Crippen LogP contribution in [0.15, 0.2) is 237 Å². The first kappa shape index (κ1) is 37.4. The first-order valence-corrected chi connectivity index (χ1v) is 21.8. The second-order valence-electron chi connectivity index (χ2n) is 16.5. The van der Waals surface area contributed by atoms with Gasteiger partial charge in [-0.25, -0.2) is 15.0 Å². The normalized spacial score (nSPS) is 12.7. The van der Waals surface area contributed by atoms with Crippen molar-refractivity contribution in [1.82, 2.24) is 15.0 Å². The number of benzene rings is 9. The summed E-state index contributed by atoms with van der Waals surface area (Å²) >= 11 is 0. The number of aromatic nitrogens is 3. The molecule has 5 heteroatoms. The molecule has 1 aromatic heterocycles. The van der Waals surface area contributed by atoms with Crippen LogP contribution in [0.2, 0.25) is 0 Å². The minimum absolute atomic E-state index is 0.0831. The van der Waals surface area contributed by atoms with Crippen LogP contribution in [0, 0.1) is 0 Å². The molecule has 3 heterocycles. The molecule has 9 aromatic carbocycles. The Kier molecular flexibility index (Phi) is 9.23. The highest BCUT2D eigenvalue weighted by Gasteiger charge is 2.35. The molecule has 0 spiro atoms. The van der Waals surface area contributed by atoms with Crippen LogP contribution < -0.4 is 10.3 Å². The SMILES string of the molecule is C1=CN2B(C=C1c1nc(-c3cccc(-c4ccccc4)c3)nc(-c3ccc4ccccc4c3)n1)c1ccccc1-c1ccc(-c3cc(-c4ccccc4)cc(-c4ccccc4)c3)cc12. The van der Waals surface area contributed by atoms with Gasteiger partial charge in [0.2, 0.25) is 0 Å². The van der Waals surface area contributed by atoms with Gasteiger partial charge in [-0.3, -0.25) is 0 Å². The standard InChI is InChI=1S/C59H39BN4/c1-4-15-40(16-5-1)45-23-14-24-47(33-45)57-61-58(48-28-27-43-21-10-11-22-44(43)34-48)63-59(62-57)49-31-32-64-56-38-46(29-30-54(56)53-25-12-13-26-55(53)60(64)39-49)52-36-50(41-17-6-2-7-18-41)35-51(37-52)42-19-8-3-9-20-42/h1-39H. The van der Waals surface area contributed by atoms with Crippen molar-refractivity contribution >= 4 is 34.3 Å². The van der Waals surface area contributed by atoms with E-state index in [9.17, 15) is 0 Å². The summed E-state index contributed by atoms with van der Waals surface area (Å²) in [4.78, 5) is 18.1. The third-order valence-corrected chi connectivity index (χ3v) is 12.5. The van der Waals surface area contributed by atoms with Gasteiger partial charge in [0.25, 0.3) is 0 Å². The van der Waals surface area contributed by atoms with Crippen molar-refractivity contribution in [3.05, 3.63) is 242 Å². The predicted molar refractivity (Wildman–Crippen MR) is 267 cm³/mol. The topological polar surface area (TPSA) is 41.9 Å². The number of hydrogen-bond acceptors (Lipinski definition) is 4. The van der Waals surface area contributed by atoms with E-state index < -0.39 is 0 Å². The van der Waals surface area contributed by atoms with Gasteiger partial charge in [-0.1, -0.05) is 188 Å². The van der Waals surface area contributed by atoms with E-state index >= 15 is 0 Å². The van der Waals surface area contributed by atoms with Gasteiger partial charge >= 0.3 is 6.85 Å². The Labute approximate surface area is 373 Å². The first-order chi connectivity index (χ1) is 31.7. The van der Waals surface area contributed by atoms with Gasteiger partial charge < -0.3 is 4.81 Å². The van der Waals surface area contributed by atoms with Crippen LogP contribution in [0.4, 0.5) is 5.69 Å². The average Bonchev–Trinajstić information content (AvgIpc) is 3.39. The molecule has 0 saturated heterocycles. The fourth-order valence-electron chi connectivity index (χ4n) is 9.28. The van der Waals surface area contributed by atoms with Crippen LogP contribution in [-0.4, -0.2) is 21.8 Å². The number of nitrogens with zero attached hydrogens (tertiary/aromatic N) is 4. The highest BCUT2D eigenvalue weighted by atomic mass is 15.1. The van der Waals surface area contributed by atoms with E-state index in [1.165, 1.54) is 49.8 Å². The van der Waals surface area contributed by atoms with Crippen molar-refractivity contribution in [3.8, 4) is 78.4 Å². The molecule has 0 amide bonds. The summed E-state index contributed by atoms with van der Waals surface area (Å²) in [5.41, 5.74) is 17.0. The predicted octanol–water partition coefficient (Wildman–Crippen LogP) is 13.9. The van der Waals surface area contributed by atoms with E-state index in [1.807, 2.05) is 6.07 Å². The fraction of sp³-hybridized carbons (Fsp3) is 0.